The van der Waals surface area contributed by atoms with Gasteiger partial charge in [-0.15, -0.1) is 0 Å². The van der Waals surface area contributed by atoms with E-state index >= 15 is 0 Å². The van der Waals surface area contributed by atoms with Crippen molar-refractivity contribution in [2.24, 2.45) is 0 Å². The number of aromatic nitrogens is 1. The van der Waals surface area contributed by atoms with Crippen molar-refractivity contribution in [1.82, 2.24) is 14.8 Å². The summed E-state index contributed by atoms with van der Waals surface area (Å²) in [4.78, 5) is 34.8. The molecule has 0 unspecified atom stereocenters. The van der Waals surface area contributed by atoms with Crippen molar-refractivity contribution in [1.29, 1.82) is 0 Å². The summed E-state index contributed by atoms with van der Waals surface area (Å²) in [6.45, 7) is 8.79. The first-order valence-corrected chi connectivity index (χ1v) is 13.1. The molecule has 2 aromatic carbocycles. The number of aryl methyl sites for hydroxylation is 2. The maximum atomic E-state index is 13.9. The first-order valence-electron chi connectivity index (χ1n) is 12.7. The van der Waals surface area contributed by atoms with Crippen LogP contribution in [0.4, 0.5) is 0 Å². The van der Waals surface area contributed by atoms with Crippen molar-refractivity contribution >= 4 is 23.4 Å². The van der Waals surface area contributed by atoms with Gasteiger partial charge < -0.3 is 19.3 Å². The number of benzene rings is 2. The van der Waals surface area contributed by atoms with Crippen LogP contribution in [0.25, 0.3) is 0 Å². The van der Waals surface area contributed by atoms with E-state index in [1.165, 1.54) is 4.90 Å². The Morgan fingerprint density at radius 2 is 1.87 bits per heavy atom. The van der Waals surface area contributed by atoms with Gasteiger partial charge in [0.15, 0.2) is 0 Å². The van der Waals surface area contributed by atoms with Crippen molar-refractivity contribution in [2.45, 2.75) is 53.4 Å². The van der Waals surface area contributed by atoms with Gasteiger partial charge >= 0.3 is 0 Å². The second kappa shape index (κ2) is 11.4. The predicted octanol–water partition coefficient (Wildman–Crippen LogP) is 5.62. The van der Waals surface area contributed by atoms with E-state index in [4.69, 9.17) is 21.1 Å². The highest BCUT2D eigenvalue weighted by Gasteiger charge is 2.34. The lowest BCUT2D eigenvalue weighted by Crippen LogP contribution is -2.39. The van der Waals surface area contributed by atoms with Gasteiger partial charge in [-0.1, -0.05) is 41.9 Å². The molecule has 4 rings (SSSR count). The molecule has 1 aliphatic heterocycles. The quantitative estimate of drug-likeness (QED) is 0.374. The minimum Gasteiger partial charge on any atom is -0.489 e. The normalized spacial score (nSPS) is 12.9. The summed E-state index contributed by atoms with van der Waals surface area (Å²) in [5, 5.41) is 0.234. The molecule has 3 aromatic rings. The van der Waals surface area contributed by atoms with E-state index < -0.39 is 0 Å². The van der Waals surface area contributed by atoms with Gasteiger partial charge in [0, 0.05) is 37.5 Å². The zero-order chi connectivity index (χ0) is 27.6. The topological polar surface area (TPSA) is 72.0 Å². The van der Waals surface area contributed by atoms with Crippen molar-refractivity contribution < 1.29 is 19.1 Å². The number of ether oxygens (including phenoxy) is 2. The number of amides is 2. The third-order valence-electron chi connectivity index (χ3n) is 6.48. The molecular weight excluding hydrogens is 502 g/mol. The zero-order valence-electron chi connectivity index (χ0n) is 22.8. The van der Waals surface area contributed by atoms with Crippen LogP contribution in [0.3, 0.4) is 0 Å². The summed E-state index contributed by atoms with van der Waals surface area (Å²) in [7, 11) is 3.38. The maximum Gasteiger partial charge on any atom is 0.256 e. The van der Waals surface area contributed by atoms with E-state index in [2.05, 4.69) is 4.98 Å². The lowest BCUT2D eigenvalue weighted by Gasteiger charge is -2.32. The van der Waals surface area contributed by atoms with Gasteiger partial charge in [0.1, 0.15) is 12.4 Å². The number of carbonyl (C=O) groups excluding carboxylic acids is 2. The van der Waals surface area contributed by atoms with Crippen LogP contribution in [0.2, 0.25) is 5.02 Å². The summed E-state index contributed by atoms with van der Waals surface area (Å²) < 4.78 is 12.1. The molecule has 0 aliphatic carbocycles. The molecule has 8 heteroatoms. The van der Waals surface area contributed by atoms with Crippen LogP contribution >= 0.6 is 11.6 Å². The molecule has 0 fully saturated rings. The number of pyridine rings is 1. The predicted molar refractivity (Wildman–Crippen MR) is 148 cm³/mol. The molecule has 0 atom stereocenters. The van der Waals surface area contributed by atoms with E-state index in [1.54, 1.807) is 25.1 Å². The molecule has 200 valence electrons. The number of carbonyl (C=O) groups is 2. The van der Waals surface area contributed by atoms with Crippen LogP contribution in [0, 0.1) is 13.8 Å². The van der Waals surface area contributed by atoms with Crippen molar-refractivity contribution in [3.05, 3.63) is 86.6 Å². The fourth-order valence-electron chi connectivity index (χ4n) is 4.64. The number of hydrogen-bond donors (Lipinski definition) is 0. The Hall–Kier alpha value is -3.58. The standard InChI is InChI=1S/C30H34ClN3O4/c1-18(2)38-25-15-23(29(35)33(5)6)22-12-13-34(30(36)26(22)27(25)31)16-24-19(3)14-20(4)32-28(24)37-17-21-10-8-7-9-11-21/h7-11,14-15,18H,12-13,16-17H2,1-6H3. The molecule has 0 saturated carbocycles. The molecule has 1 aromatic heterocycles. The third kappa shape index (κ3) is 5.78. The zero-order valence-corrected chi connectivity index (χ0v) is 23.6. The van der Waals surface area contributed by atoms with Gasteiger partial charge in [0.25, 0.3) is 11.8 Å². The van der Waals surface area contributed by atoms with Crippen LogP contribution in [-0.4, -0.2) is 53.3 Å². The van der Waals surface area contributed by atoms with E-state index in [9.17, 15) is 9.59 Å². The van der Waals surface area contributed by atoms with Crippen LogP contribution in [0.5, 0.6) is 11.6 Å². The molecule has 0 N–H and O–H groups in total. The minimum absolute atomic E-state index is 0.173. The molecule has 0 saturated heterocycles. The molecule has 0 radical (unpaired) electrons. The number of fused-ring (bicyclic) bond motifs is 1. The maximum absolute atomic E-state index is 13.9. The van der Waals surface area contributed by atoms with E-state index in [-0.39, 0.29) is 22.9 Å². The average molecular weight is 536 g/mol. The van der Waals surface area contributed by atoms with Gasteiger partial charge in [-0.25, -0.2) is 4.98 Å². The van der Waals surface area contributed by atoms with Gasteiger partial charge in [0.2, 0.25) is 5.88 Å². The highest BCUT2D eigenvalue weighted by molar-refractivity contribution is 6.36. The summed E-state index contributed by atoms with van der Waals surface area (Å²) in [5.41, 5.74) is 5.14. The smallest absolute Gasteiger partial charge is 0.256 e. The SMILES string of the molecule is Cc1cc(C)c(CN2CCc3c(C(=O)N(C)C)cc(OC(C)C)c(Cl)c3C2=O)c(OCc2ccccc2)n1. The minimum atomic E-state index is -0.243. The largest absolute Gasteiger partial charge is 0.489 e. The van der Waals surface area contributed by atoms with Crippen LogP contribution in [-0.2, 0) is 19.6 Å². The summed E-state index contributed by atoms with van der Waals surface area (Å²) >= 11 is 6.76. The lowest BCUT2D eigenvalue weighted by atomic mass is 9.92. The number of hydrogen-bond acceptors (Lipinski definition) is 5. The van der Waals surface area contributed by atoms with E-state index in [0.29, 0.717) is 54.4 Å². The number of rotatable bonds is 8. The molecular formula is C30H34ClN3O4. The van der Waals surface area contributed by atoms with Crippen LogP contribution in [0.15, 0.2) is 42.5 Å². The Morgan fingerprint density at radius 3 is 2.53 bits per heavy atom. The van der Waals surface area contributed by atoms with E-state index in [0.717, 1.165) is 22.4 Å². The van der Waals surface area contributed by atoms with E-state index in [1.807, 2.05) is 64.1 Å². The molecule has 1 aliphatic rings. The Kier molecular flexibility index (Phi) is 8.26. The van der Waals surface area contributed by atoms with Crippen molar-refractivity contribution in [2.75, 3.05) is 20.6 Å². The molecule has 38 heavy (non-hydrogen) atoms. The molecule has 0 spiro atoms. The van der Waals surface area contributed by atoms with Gasteiger partial charge in [0.05, 0.1) is 23.2 Å². The fourth-order valence-corrected chi connectivity index (χ4v) is 4.93. The van der Waals surface area contributed by atoms with Crippen LogP contribution < -0.4 is 9.47 Å². The van der Waals surface area contributed by atoms with Gasteiger partial charge in [-0.2, -0.15) is 0 Å². The van der Waals surface area contributed by atoms with Crippen molar-refractivity contribution in [3.63, 3.8) is 0 Å². The lowest BCUT2D eigenvalue weighted by molar-refractivity contribution is 0.0722. The first-order chi connectivity index (χ1) is 18.1. The monoisotopic (exact) mass is 535 g/mol. The molecule has 7 nitrogen and oxygen atoms in total. The van der Waals surface area contributed by atoms with Crippen molar-refractivity contribution in [3.8, 4) is 11.6 Å². The second-order valence-corrected chi connectivity index (χ2v) is 10.4. The molecule has 2 heterocycles. The second-order valence-electron chi connectivity index (χ2n) is 10.1. The highest BCUT2D eigenvalue weighted by atomic mass is 35.5. The number of nitrogens with zero attached hydrogens (tertiary/aromatic N) is 3. The Bertz CT molecular complexity index is 1360. The average Bonchev–Trinajstić information content (AvgIpc) is 2.87. The summed E-state index contributed by atoms with van der Waals surface area (Å²) in [6.07, 6.45) is 0.323. The number of halogens is 1. The summed E-state index contributed by atoms with van der Waals surface area (Å²) in [5.74, 6) is 0.410. The first kappa shape index (κ1) is 27.5. The van der Waals surface area contributed by atoms with Gasteiger partial charge in [-0.05, 0) is 62.9 Å². The molecule has 0 bridgehead atoms. The third-order valence-corrected chi connectivity index (χ3v) is 6.85. The Balaban J connectivity index is 1.69. The highest BCUT2D eigenvalue weighted by Crippen LogP contribution is 2.38. The fraction of sp³-hybridized carbons (Fsp3) is 0.367. The van der Waals surface area contributed by atoms with Gasteiger partial charge in [-0.3, -0.25) is 9.59 Å². The van der Waals surface area contributed by atoms with Crippen LogP contribution in [0.1, 0.15) is 62.5 Å². The summed E-state index contributed by atoms with van der Waals surface area (Å²) in [6, 6.07) is 13.5. The Morgan fingerprint density at radius 1 is 1.16 bits per heavy atom. The molecule has 2 amide bonds. The Labute approximate surface area is 229 Å².